The molecular formula is C17H28N2O4S. The van der Waals surface area contributed by atoms with Crippen molar-refractivity contribution in [2.24, 2.45) is 0 Å². The van der Waals surface area contributed by atoms with Gasteiger partial charge in [0.05, 0.1) is 18.0 Å². The molecule has 0 saturated carbocycles. The Hall–Kier alpha value is -1.60. The summed E-state index contributed by atoms with van der Waals surface area (Å²) in [4.78, 5) is 12.2. The van der Waals surface area contributed by atoms with Crippen LogP contribution in [0.1, 0.15) is 40.5 Å². The summed E-state index contributed by atoms with van der Waals surface area (Å²) in [6.45, 7) is 8.10. The van der Waals surface area contributed by atoms with Gasteiger partial charge in [-0.2, -0.15) is 4.31 Å². The summed E-state index contributed by atoms with van der Waals surface area (Å²) in [6.07, 6.45) is 1.83. The summed E-state index contributed by atoms with van der Waals surface area (Å²) in [5.74, 6) is 0.331. The van der Waals surface area contributed by atoms with Gasteiger partial charge in [-0.1, -0.05) is 20.3 Å². The van der Waals surface area contributed by atoms with E-state index in [1.54, 1.807) is 19.1 Å². The number of hydrogen-bond donors (Lipinski definition) is 1. The van der Waals surface area contributed by atoms with Gasteiger partial charge in [-0.15, -0.1) is 0 Å². The monoisotopic (exact) mass is 356 g/mol. The second-order valence-electron chi connectivity index (χ2n) is 5.59. The number of ether oxygens (including phenoxy) is 1. The highest BCUT2D eigenvalue weighted by molar-refractivity contribution is 7.89. The Morgan fingerprint density at radius 3 is 2.33 bits per heavy atom. The number of likely N-dealkylation sites (N-methyl/N-ethyl adjacent to an activating group) is 1. The molecule has 0 aromatic heterocycles. The topological polar surface area (TPSA) is 75.7 Å². The van der Waals surface area contributed by atoms with E-state index >= 15 is 0 Å². The number of nitrogens with zero attached hydrogens (tertiary/aromatic N) is 1. The summed E-state index contributed by atoms with van der Waals surface area (Å²) in [5, 5.41) is 2.83. The minimum atomic E-state index is -3.71. The number of carbonyl (C=O) groups is 1. The van der Waals surface area contributed by atoms with E-state index in [-0.39, 0.29) is 29.9 Å². The van der Waals surface area contributed by atoms with E-state index in [0.29, 0.717) is 12.4 Å². The first-order chi connectivity index (χ1) is 11.3. The number of rotatable bonds is 10. The molecule has 1 atom stereocenters. The first-order valence-electron chi connectivity index (χ1n) is 8.37. The molecule has 136 valence electrons. The second-order valence-corrected chi connectivity index (χ2v) is 7.53. The fourth-order valence-electron chi connectivity index (χ4n) is 2.38. The molecule has 0 spiro atoms. The van der Waals surface area contributed by atoms with Gasteiger partial charge in [0.15, 0.2) is 0 Å². The molecule has 0 radical (unpaired) electrons. The fraction of sp³-hybridized carbons (Fsp3) is 0.588. The van der Waals surface area contributed by atoms with E-state index in [0.717, 1.165) is 12.8 Å². The molecule has 1 aromatic carbocycles. The van der Waals surface area contributed by atoms with E-state index in [1.807, 2.05) is 20.8 Å². The molecule has 0 heterocycles. The lowest BCUT2D eigenvalue weighted by Crippen LogP contribution is -2.43. The molecule has 0 saturated heterocycles. The van der Waals surface area contributed by atoms with Gasteiger partial charge in [-0.3, -0.25) is 4.79 Å². The van der Waals surface area contributed by atoms with E-state index in [1.165, 1.54) is 16.4 Å². The Morgan fingerprint density at radius 1 is 1.21 bits per heavy atom. The summed E-state index contributed by atoms with van der Waals surface area (Å²) in [6, 6.07) is 6.27. The average Bonchev–Trinajstić information content (AvgIpc) is 2.53. The van der Waals surface area contributed by atoms with Crippen molar-refractivity contribution in [2.45, 2.75) is 51.5 Å². The first kappa shape index (κ1) is 20.4. The average molecular weight is 356 g/mol. The molecule has 0 aliphatic carbocycles. The zero-order chi connectivity index (χ0) is 18.2. The van der Waals surface area contributed by atoms with Crippen LogP contribution in [0.25, 0.3) is 0 Å². The van der Waals surface area contributed by atoms with Crippen LogP contribution in [-0.4, -0.2) is 44.4 Å². The van der Waals surface area contributed by atoms with Crippen molar-refractivity contribution in [1.29, 1.82) is 0 Å². The lowest BCUT2D eigenvalue weighted by Gasteiger charge is -2.21. The Labute approximate surface area is 145 Å². The molecule has 1 rings (SSSR count). The molecule has 1 aromatic rings. The minimum Gasteiger partial charge on any atom is -0.494 e. The van der Waals surface area contributed by atoms with Gasteiger partial charge >= 0.3 is 0 Å². The van der Waals surface area contributed by atoms with Crippen LogP contribution in [0.5, 0.6) is 5.75 Å². The normalized spacial score (nSPS) is 12.9. The molecule has 1 amide bonds. The molecule has 0 unspecified atom stereocenters. The quantitative estimate of drug-likeness (QED) is 0.698. The van der Waals surface area contributed by atoms with Crippen LogP contribution in [0.2, 0.25) is 0 Å². The van der Waals surface area contributed by atoms with Crippen LogP contribution >= 0.6 is 0 Å². The molecule has 0 aliphatic heterocycles. The van der Waals surface area contributed by atoms with Crippen molar-refractivity contribution < 1.29 is 17.9 Å². The zero-order valence-electron chi connectivity index (χ0n) is 14.9. The Bertz CT molecular complexity index is 614. The largest absolute Gasteiger partial charge is 0.494 e. The summed E-state index contributed by atoms with van der Waals surface area (Å²) in [5.41, 5.74) is 0. The third-order valence-electron chi connectivity index (χ3n) is 3.57. The van der Waals surface area contributed by atoms with Crippen molar-refractivity contribution in [3.8, 4) is 5.75 Å². The number of sulfonamides is 1. The lowest BCUT2D eigenvalue weighted by atomic mass is 10.2. The molecule has 7 heteroatoms. The van der Waals surface area contributed by atoms with E-state index in [2.05, 4.69) is 5.32 Å². The Morgan fingerprint density at radius 2 is 1.83 bits per heavy atom. The van der Waals surface area contributed by atoms with E-state index < -0.39 is 10.0 Å². The molecule has 1 N–H and O–H groups in total. The summed E-state index contributed by atoms with van der Waals surface area (Å²) >= 11 is 0. The molecule has 0 aliphatic rings. The Balaban J connectivity index is 2.83. The predicted octanol–water partition coefficient (Wildman–Crippen LogP) is 2.40. The highest BCUT2D eigenvalue weighted by atomic mass is 32.2. The number of benzene rings is 1. The van der Waals surface area contributed by atoms with Gasteiger partial charge in [0, 0.05) is 12.6 Å². The number of nitrogens with one attached hydrogen (secondary N) is 1. The maximum absolute atomic E-state index is 12.7. The summed E-state index contributed by atoms with van der Waals surface area (Å²) in [7, 11) is -3.71. The van der Waals surface area contributed by atoms with Crippen LogP contribution in [-0.2, 0) is 14.8 Å². The van der Waals surface area contributed by atoms with Crippen molar-refractivity contribution in [1.82, 2.24) is 9.62 Å². The fourth-order valence-corrected chi connectivity index (χ4v) is 3.78. The van der Waals surface area contributed by atoms with Gasteiger partial charge in [0.25, 0.3) is 0 Å². The highest BCUT2D eigenvalue weighted by Crippen LogP contribution is 2.19. The Kier molecular flexibility index (Phi) is 8.21. The van der Waals surface area contributed by atoms with E-state index in [4.69, 9.17) is 4.74 Å². The molecule has 24 heavy (non-hydrogen) atoms. The van der Waals surface area contributed by atoms with Crippen LogP contribution in [0.4, 0.5) is 0 Å². The number of amides is 1. The highest BCUT2D eigenvalue weighted by Gasteiger charge is 2.25. The van der Waals surface area contributed by atoms with Gasteiger partial charge in [-0.25, -0.2) is 8.42 Å². The SMILES string of the molecule is CCC[C@H](C)NC(=O)CN(CC)S(=O)(=O)c1ccc(OCC)cc1. The third-order valence-corrected chi connectivity index (χ3v) is 5.51. The molecular weight excluding hydrogens is 328 g/mol. The maximum Gasteiger partial charge on any atom is 0.243 e. The smallest absolute Gasteiger partial charge is 0.243 e. The molecule has 6 nitrogen and oxygen atoms in total. The van der Waals surface area contributed by atoms with E-state index in [9.17, 15) is 13.2 Å². The second kappa shape index (κ2) is 9.64. The number of hydrogen-bond acceptors (Lipinski definition) is 4. The van der Waals surface area contributed by atoms with Crippen LogP contribution in [0.3, 0.4) is 0 Å². The van der Waals surface area contributed by atoms with Gasteiger partial charge in [-0.05, 0) is 44.5 Å². The van der Waals surface area contributed by atoms with Crippen molar-refractivity contribution >= 4 is 15.9 Å². The number of carbonyl (C=O) groups excluding carboxylic acids is 1. The van der Waals surface area contributed by atoms with Gasteiger partial charge < -0.3 is 10.1 Å². The lowest BCUT2D eigenvalue weighted by molar-refractivity contribution is -0.121. The summed E-state index contributed by atoms with van der Waals surface area (Å²) < 4.78 is 31.9. The third kappa shape index (κ3) is 5.79. The standard InChI is InChI=1S/C17H28N2O4S/c1-5-8-14(4)18-17(20)13-19(6-2)24(21,22)16-11-9-15(10-12-16)23-7-3/h9-12,14H,5-8,13H2,1-4H3,(H,18,20)/t14-/m0/s1. The van der Waals surface area contributed by atoms with Crippen molar-refractivity contribution in [3.63, 3.8) is 0 Å². The van der Waals surface area contributed by atoms with Gasteiger partial charge in [0.1, 0.15) is 5.75 Å². The first-order valence-corrected chi connectivity index (χ1v) is 9.81. The van der Waals surface area contributed by atoms with Crippen LogP contribution in [0.15, 0.2) is 29.2 Å². The molecule has 0 bridgehead atoms. The van der Waals surface area contributed by atoms with Crippen molar-refractivity contribution in [2.75, 3.05) is 19.7 Å². The van der Waals surface area contributed by atoms with Gasteiger partial charge in [0.2, 0.25) is 15.9 Å². The van der Waals surface area contributed by atoms with Crippen LogP contribution in [0, 0.1) is 0 Å². The molecule has 0 fully saturated rings. The maximum atomic E-state index is 12.7. The predicted molar refractivity (Wildman–Crippen MR) is 94.6 cm³/mol. The van der Waals surface area contributed by atoms with Crippen molar-refractivity contribution in [3.05, 3.63) is 24.3 Å². The zero-order valence-corrected chi connectivity index (χ0v) is 15.7. The van der Waals surface area contributed by atoms with Crippen LogP contribution < -0.4 is 10.1 Å². The minimum absolute atomic E-state index is 0.0365.